The van der Waals surface area contributed by atoms with Gasteiger partial charge in [0.1, 0.15) is 6.04 Å². The minimum Gasteiger partial charge on any atom is -0.312 e. The first-order valence-electron chi connectivity index (χ1n) is 11.3. The Morgan fingerprint density at radius 1 is 1.10 bits per heavy atom. The predicted octanol–water partition coefficient (Wildman–Crippen LogP) is 1.10. The van der Waals surface area contributed by atoms with E-state index < -0.39 is 23.8 Å². The van der Waals surface area contributed by atoms with Crippen LogP contribution in [0.2, 0.25) is 0 Å². The molecule has 3 aliphatic heterocycles. The van der Waals surface area contributed by atoms with Crippen LogP contribution in [0.5, 0.6) is 0 Å². The average molecular weight is 425 g/mol. The Bertz CT molecular complexity index is 955. The molecule has 2 unspecified atom stereocenters. The van der Waals surface area contributed by atoms with Crippen molar-refractivity contribution in [1.29, 1.82) is 0 Å². The number of hydrogen-bond donors (Lipinski definition) is 3. The normalized spacial score (nSPS) is 27.3. The van der Waals surface area contributed by atoms with Gasteiger partial charge in [-0.25, -0.2) is 0 Å². The van der Waals surface area contributed by atoms with Gasteiger partial charge in [0, 0.05) is 18.5 Å². The number of nitrogens with one attached hydrogen (secondary N) is 3. The molecule has 4 amide bonds. The second kappa shape index (κ2) is 7.84. The molecule has 5 rings (SSSR count). The number of carbonyl (C=O) groups is 4. The third-order valence-electron chi connectivity index (χ3n) is 7.35. The fourth-order valence-corrected chi connectivity index (χ4v) is 5.57. The standard InChI is InChI=1S/C23H28N4O4/c28-18-6-5-17(20(29)26-18)27-21(30)16-4-1-3-15(19(16)22(27)31)13-24-12-14-7-10-25-23(11-14)8-2-9-23/h1,3-4,14,17,24-25H,2,5-13H2,(H,26,28,29). The monoisotopic (exact) mass is 424 g/mol. The summed E-state index contributed by atoms with van der Waals surface area (Å²) in [5.41, 5.74) is 1.84. The molecule has 0 radical (unpaired) electrons. The summed E-state index contributed by atoms with van der Waals surface area (Å²) in [6, 6.07) is 4.35. The first kappa shape index (κ1) is 20.3. The van der Waals surface area contributed by atoms with Crippen molar-refractivity contribution < 1.29 is 19.2 Å². The zero-order chi connectivity index (χ0) is 21.6. The number of piperidine rings is 2. The first-order chi connectivity index (χ1) is 15.0. The molecule has 0 bridgehead atoms. The maximum atomic E-state index is 13.2. The molecule has 3 N–H and O–H groups in total. The van der Waals surface area contributed by atoms with E-state index in [4.69, 9.17) is 0 Å². The quantitative estimate of drug-likeness (QED) is 0.611. The van der Waals surface area contributed by atoms with Crippen molar-refractivity contribution in [1.82, 2.24) is 20.9 Å². The number of nitrogens with zero attached hydrogens (tertiary/aromatic N) is 1. The molecule has 3 fully saturated rings. The summed E-state index contributed by atoms with van der Waals surface area (Å²) >= 11 is 0. The second-order valence-corrected chi connectivity index (χ2v) is 9.34. The number of rotatable bonds is 5. The fourth-order valence-electron chi connectivity index (χ4n) is 5.57. The van der Waals surface area contributed by atoms with Crippen LogP contribution in [0.3, 0.4) is 0 Å². The van der Waals surface area contributed by atoms with E-state index in [-0.39, 0.29) is 18.7 Å². The number of carbonyl (C=O) groups excluding carboxylic acids is 4. The van der Waals surface area contributed by atoms with Crippen LogP contribution < -0.4 is 16.0 Å². The molecule has 1 aliphatic carbocycles. The van der Waals surface area contributed by atoms with Crippen LogP contribution in [0.1, 0.15) is 71.2 Å². The van der Waals surface area contributed by atoms with E-state index in [0.29, 0.717) is 29.1 Å². The van der Waals surface area contributed by atoms with Gasteiger partial charge in [-0.2, -0.15) is 0 Å². The van der Waals surface area contributed by atoms with Crippen molar-refractivity contribution in [2.24, 2.45) is 5.92 Å². The zero-order valence-electron chi connectivity index (χ0n) is 17.5. The molecular weight excluding hydrogens is 396 g/mol. The molecule has 1 aromatic rings. The fraction of sp³-hybridized carbons (Fsp3) is 0.565. The lowest BCUT2D eigenvalue weighted by Gasteiger charge is -2.48. The van der Waals surface area contributed by atoms with Crippen molar-refractivity contribution in [3.05, 3.63) is 34.9 Å². The van der Waals surface area contributed by atoms with Crippen LogP contribution in [0.15, 0.2) is 18.2 Å². The van der Waals surface area contributed by atoms with Gasteiger partial charge in [-0.1, -0.05) is 12.1 Å². The van der Waals surface area contributed by atoms with E-state index in [0.717, 1.165) is 30.0 Å². The Kier molecular flexibility index (Phi) is 5.14. The Morgan fingerprint density at radius 2 is 1.94 bits per heavy atom. The van der Waals surface area contributed by atoms with Crippen molar-refractivity contribution in [2.45, 2.75) is 63.1 Å². The number of hydrogen-bond acceptors (Lipinski definition) is 6. The van der Waals surface area contributed by atoms with Gasteiger partial charge in [0.2, 0.25) is 11.8 Å². The molecular formula is C23H28N4O4. The average Bonchev–Trinajstić information content (AvgIpc) is 2.98. The Hall–Kier alpha value is -2.58. The summed E-state index contributed by atoms with van der Waals surface area (Å²) in [7, 11) is 0. The smallest absolute Gasteiger partial charge is 0.262 e. The lowest BCUT2D eigenvalue weighted by Crippen LogP contribution is -2.56. The van der Waals surface area contributed by atoms with Crippen LogP contribution >= 0.6 is 0 Å². The van der Waals surface area contributed by atoms with Crippen molar-refractivity contribution in [3.63, 3.8) is 0 Å². The van der Waals surface area contributed by atoms with Crippen molar-refractivity contribution in [3.8, 4) is 0 Å². The van der Waals surface area contributed by atoms with Crippen molar-refractivity contribution in [2.75, 3.05) is 13.1 Å². The molecule has 2 saturated heterocycles. The molecule has 164 valence electrons. The molecule has 4 aliphatic rings. The molecule has 3 heterocycles. The van der Waals surface area contributed by atoms with E-state index >= 15 is 0 Å². The summed E-state index contributed by atoms with van der Waals surface area (Å²) < 4.78 is 0. The Morgan fingerprint density at radius 3 is 2.68 bits per heavy atom. The highest BCUT2D eigenvalue weighted by molar-refractivity contribution is 6.24. The summed E-state index contributed by atoms with van der Waals surface area (Å²) in [5, 5.41) is 9.42. The third kappa shape index (κ3) is 3.57. The van der Waals surface area contributed by atoms with E-state index in [1.54, 1.807) is 12.1 Å². The van der Waals surface area contributed by atoms with Crippen LogP contribution in [-0.4, -0.2) is 53.2 Å². The van der Waals surface area contributed by atoms with E-state index in [1.165, 1.54) is 25.7 Å². The lowest BCUT2D eigenvalue weighted by molar-refractivity contribution is -0.136. The Balaban J connectivity index is 1.27. The highest BCUT2D eigenvalue weighted by atomic mass is 16.2. The van der Waals surface area contributed by atoms with Crippen LogP contribution in [-0.2, 0) is 16.1 Å². The largest absolute Gasteiger partial charge is 0.312 e. The van der Waals surface area contributed by atoms with Gasteiger partial charge in [0.25, 0.3) is 11.8 Å². The summed E-state index contributed by atoms with van der Waals surface area (Å²) in [5.74, 6) is -1.25. The van der Waals surface area contributed by atoms with Gasteiger partial charge in [-0.3, -0.25) is 29.4 Å². The van der Waals surface area contributed by atoms with Gasteiger partial charge in [-0.05, 0) is 69.2 Å². The van der Waals surface area contributed by atoms with Gasteiger partial charge >= 0.3 is 0 Å². The highest BCUT2D eigenvalue weighted by Crippen LogP contribution is 2.40. The molecule has 8 nitrogen and oxygen atoms in total. The van der Waals surface area contributed by atoms with Crippen LogP contribution in [0.4, 0.5) is 0 Å². The number of benzene rings is 1. The third-order valence-corrected chi connectivity index (χ3v) is 7.35. The minimum atomic E-state index is -0.931. The molecule has 0 aromatic heterocycles. The molecule has 8 heteroatoms. The van der Waals surface area contributed by atoms with E-state index in [9.17, 15) is 19.2 Å². The molecule has 1 saturated carbocycles. The number of imide groups is 2. The van der Waals surface area contributed by atoms with Crippen LogP contribution in [0.25, 0.3) is 0 Å². The maximum Gasteiger partial charge on any atom is 0.262 e. The SMILES string of the molecule is O=C1CCC(N2C(=O)c3cccc(CNCC4CCNC5(CCC5)C4)c3C2=O)C(=O)N1. The second-order valence-electron chi connectivity index (χ2n) is 9.34. The molecule has 1 spiro atoms. The van der Waals surface area contributed by atoms with E-state index in [1.807, 2.05) is 6.07 Å². The highest BCUT2D eigenvalue weighted by Gasteiger charge is 2.45. The molecule has 1 aromatic carbocycles. The maximum absolute atomic E-state index is 13.2. The minimum absolute atomic E-state index is 0.121. The number of fused-ring (bicyclic) bond motifs is 1. The van der Waals surface area contributed by atoms with Crippen molar-refractivity contribution >= 4 is 23.6 Å². The van der Waals surface area contributed by atoms with Gasteiger partial charge < -0.3 is 10.6 Å². The van der Waals surface area contributed by atoms with Crippen LogP contribution in [0, 0.1) is 5.92 Å². The van der Waals surface area contributed by atoms with Gasteiger partial charge in [0.05, 0.1) is 11.1 Å². The zero-order valence-corrected chi connectivity index (χ0v) is 17.5. The topological polar surface area (TPSA) is 108 Å². The predicted molar refractivity (Wildman–Crippen MR) is 112 cm³/mol. The van der Waals surface area contributed by atoms with E-state index in [2.05, 4.69) is 16.0 Å². The van der Waals surface area contributed by atoms with Gasteiger partial charge in [0.15, 0.2) is 0 Å². The lowest BCUT2D eigenvalue weighted by atomic mass is 9.68. The molecule has 2 atom stereocenters. The first-order valence-corrected chi connectivity index (χ1v) is 11.3. The number of amides is 4. The molecule has 31 heavy (non-hydrogen) atoms. The Labute approximate surface area is 181 Å². The van der Waals surface area contributed by atoms with Gasteiger partial charge in [-0.15, -0.1) is 0 Å². The summed E-state index contributed by atoms with van der Waals surface area (Å²) in [6.45, 7) is 2.44. The summed E-state index contributed by atoms with van der Waals surface area (Å²) in [4.78, 5) is 50.8. The summed E-state index contributed by atoms with van der Waals surface area (Å²) in [6.07, 6.45) is 6.46.